The molecule has 4 atom stereocenters. The molecule has 0 aromatic heterocycles. The van der Waals surface area contributed by atoms with Crippen LogP contribution in [0.1, 0.15) is 31.4 Å². The maximum absolute atomic E-state index is 13.8. The van der Waals surface area contributed by atoms with E-state index in [9.17, 15) is 24.3 Å². The fourth-order valence-corrected chi connectivity index (χ4v) is 5.00. The van der Waals surface area contributed by atoms with Crippen LogP contribution < -0.4 is 20.7 Å². The zero-order valence-corrected chi connectivity index (χ0v) is 25.5. The van der Waals surface area contributed by atoms with Gasteiger partial charge in [-0.25, -0.2) is 0 Å². The molecule has 0 bridgehead atoms. The molecule has 0 spiro atoms. The number of epoxide rings is 1. The summed E-state index contributed by atoms with van der Waals surface area (Å²) in [6.07, 6.45) is 0.793. The molecule has 2 heterocycles. The standard InChI is InChI=1S/C32H42N4O8/c1-21(33-28(38)19-36-13-15-43-16-14-36)30(40)35-26(17-23-10-11-24(42-3)18-27(23)37)31(41)34-25(29(39)32(2)20-44-32)12-9-22-7-5-4-6-8-22/h4-8,10-11,18,21,25-26,37H,9,12-17,19-20H2,1-3H3,(H,33,38)(H,34,41)(H,35,40)/t21-,25-,26-,32+/m0/s1. The van der Waals surface area contributed by atoms with Gasteiger partial charge in [-0.05, 0) is 43.9 Å². The summed E-state index contributed by atoms with van der Waals surface area (Å²) in [5.41, 5.74) is 0.428. The number of aromatic hydroxyl groups is 1. The molecule has 2 aromatic rings. The smallest absolute Gasteiger partial charge is 0.243 e. The molecule has 238 valence electrons. The Balaban J connectivity index is 1.47. The number of ketones is 1. The van der Waals surface area contributed by atoms with E-state index in [2.05, 4.69) is 16.0 Å². The number of Topliss-reactive ketones (excluding diaryl/α,β-unsaturated/α-hetero) is 1. The van der Waals surface area contributed by atoms with E-state index in [1.54, 1.807) is 19.1 Å². The van der Waals surface area contributed by atoms with E-state index in [1.165, 1.54) is 20.1 Å². The van der Waals surface area contributed by atoms with Crippen molar-refractivity contribution in [3.05, 3.63) is 59.7 Å². The molecule has 44 heavy (non-hydrogen) atoms. The normalized spacial score (nSPS) is 20.1. The van der Waals surface area contributed by atoms with E-state index in [-0.39, 0.29) is 37.0 Å². The second kappa shape index (κ2) is 15.1. The summed E-state index contributed by atoms with van der Waals surface area (Å²) >= 11 is 0. The number of hydrogen-bond donors (Lipinski definition) is 4. The first kappa shape index (κ1) is 32.9. The highest BCUT2D eigenvalue weighted by atomic mass is 16.6. The Hall–Kier alpha value is -4.00. The third kappa shape index (κ3) is 9.25. The SMILES string of the molecule is COc1ccc(C[C@H](NC(=O)[C@H](C)NC(=O)CN2CCOCC2)C(=O)N[C@@H](CCc2ccccc2)C(=O)[C@@]2(C)CO2)c(O)c1. The third-order valence-corrected chi connectivity index (χ3v) is 7.89. The predicted molar refractivity (Wildman–Crippen MR) is 161 cm³/mol. The molecule has 2 saturated heterocycles. The third-order valence-electron chi connectivity index (χ3n) is 7.89. The van der Waals surface area contributed by atoms with Crippen LogP contribution in [0.3, 0.4) is 0 Å². The lowest BCUT2D eigenvalue weighted by atomic mass is 9.94. The largest absolute Gasteiger partial charge is 0.508 e. The lowest BCUT2D eigenvalue weighted by molar-refractivity contribution is -0.134. The number of carbonyl (C=O) groups is 4. The highest BCUT2D eigenvalue weighted by Gasteiger charge is 2.50. The van der Waals surface area contributed by atoms with Crippen LogP contribution in [0.4, 0.5) is 0 Å². The van der Waals surface area contributed by atoms with Crippen LogP contribution >= 0.6 is 0 Å². The number of methoxy groups -OCH3 is 1. The summed E-state index contributed by atoms with van der Waals surface area (Å²) in [5.74, 6) is -1.44. The van der Waals surface area contributed by atoms with Crippen molar-refractivity contribution in [3.8, 4) is 11.5 Å². The van der Waals surface area contributed by atoms with Gasteiger partial charge in [0.05, 0.1) is 39.5 Å². The molecule has 4 N–H and O–H groups in total. The first-order valence-electron chi connectivity index (χ1n) is 14.9. The molecule has 2 aliphatic rings. The van der Waals surface area contributed by atoms with Gasteiger partial charge in [0.2, 0.25) is 17.7 Å². The van der Waals surface area contributed by atoms with Gasteiger partial charge in [0.15, 0.2) is 5.78 Å². The van der Waals surface area contributed by atoms with E-state index >= 15 is 0 Å². The molecule has 4 rings (SSSR count). The molecule has 0 saturated carbocycles. The number of phenols is 1. The van der Waals surface area contributed by atoms with Crippen molar-refractivity contribution in [2.75, 3.05) is 46.6 Å². The Kier molecular flexibility index (Phi) is 11.3. The van der Waals surface area contributed by atoms with Gasteiger partial charge in [0, 0.05) is 25.6 Å². The van der Waals surface area contributed by atoms with Gasteiger partial charge in [-0.3, -0.25) is 24.1 Å². The van der Waals surface area contributed by atoms with Crippen molar-refractivity contribution in [1.82, 2.24) is 20.9 Å². The quantitative estimate of drug-likeness (QED) is 0.214. The van der Waals surface area contributed by atoms with Crippen LogP contribution in [0, 0.1) is 0 Å². The number of aryl methyl sites for hydroxylation is 1. The minimum Gasteiger partial charge on any atom is -0.508 e. The molecule has 0 unspecified atom stereocenters. The molecule has 0 radical (unpaired) electrons. The van der Waals surface area contributed by atoms with Crippen molar-refractivity contribution in [2.24, 2.45) is 0 Å². The van der Waals surface area contributed by atoms with Crippen LogP contribution in [0.25, 0.3) is 0 Å². The zero-order valence-electron chi connectivity index (χ0n) is 25.5. The van der Waals surface area contributed by atoms with E-state index in [0.29, 0.717) is 50.5 Å². The fraction of sp³-hybridized carbons (Fsp3) is 0.500. The number of hydrogen-bond acceptors (Lipinski definition) is 9. The lowest BCUT2D eigenvalue weighted by Gasteiger charge is -2.27. The zero-order chi connectivity index (χ0) is 31.7. The van der Waals surface area contributed by atoms with Crippen LogP contribution in [0.5, 0.6) is 11.5 Å². The van der Waals surface area contributed by atoms with Gasteiger partial charge in [-0.1, -0.05) is 36.4 Å². The minimum atomic E-state index is -1.17. The Morgan fingerprint density at radius 3 is 2.32 bits per heavy atom. The van der Waals surface area contributed by atoms with Gasteiger partial charge < -0.3 is 35.3 Å². The number of phenolic OH excluding ortho intramolecular Hbond substituents is 1. The Bertz CT molecular complexity index is 1310. The van der Waals surface area contributed by atoms with Gasteiger partial charge in [0.1, 0.15) is 29.2 Å². The summed E-state index contributed by atoms with van der Waals surface area (Å²) in [4.78, 5) is 54.9. The molecule has 12 nitrogen and oxygen atoms in total. The van der Waals surface area contributed by atoms with Crippen molar-refractivity contribution < 1.29 is 38.5 Å². The first-order chi connectivity index (χ1) is 21.1. The molecule has 2 aromatic carbocycles. The molecule has 2 fully saturated rings. The minimum absolute atomic E-state index is 0.0742. The Morgan fingerprint density at radius 2 is 1.68 bits per heavy atom. The van der Waals surface area contributed by atoms with E-state index < -0.39 is 35.5 Å². The summed E-state index contributed by atoms with van der Waals surface area (Å²) in [5, 5.41) is 18.8. The summed E-state index contributed by atoms with van der Waals surface area (Å²) in [6, 6.07) is 11.3. The highest BCUT2D eigenvalue weighted by Crippen LogP contribution is 2.29. The maximum atomic E-state index is 13.8. The average Bonchev–Trinajstić information content (AvgIpc) is 3.78. The highest BCUT2D eigenvalue weighted by molar-refractivity contribution is 5.98. The maximum Gasteiger partial charge on any atom is 0.243 e. The fourth-order valence-electron chi connectivity index (χ4n) is 5.00. The topological polar surface area (TPSA) is 159 Å². The molecule has 3 amide bonds. The monoisotopic (exact) mass is 610 g/mol. The van der Waals surface area contributed by atoms with Gasteiger partial charge in [0.25, 0.3) is 0 Å². The summed E-state index contributed by atoms with van der Waals surface area (Å²) in [7, 11) is 1.47. The Morgan fingerprint density at radius 1 is 1.00 bits per heavy atom. The van der Waals surface area contributed by atoms with E-state index in [1.807, 2.05) is 35.2 Å². The van der Waals surface area contributed by atoms with Crippen molar-refractivity contribution in [2.45, 2.75) is 56.8 Å². The van der Waals surface area contributed by atoms with Crippen LogP contribution in [0.15, 0.2) is 48.5 Å². The lowest BCUT2D eigenvalue weighted by Crippen LogP contribution is -2.57. The molecule has 0 aliphatic carbocycles. The second-order valence-corrected chi connectivity index (χ2v) is 11.4. The molecule has 12 heteroatoms. The average molecular weight is 611 g/mol. The number of benzene rings is 2. The van der Waals surface area contributed by atoms with Crippen LogP contribution in [-0.4, -0.2) is 104 Å². The molecule has 2 aliphatic heterocycles. The molecular formula is C32H42N4O8. The number of carbonyl (C=O) groups excluding carboxylic acids is 4. The van der Waals surface area contributed by atoms with Crippen molar-refractivity contribution in [1.29, 1.82) is 0 Å². The summed E-state index contributed by atoms with van der Waals surface area (Å²) in [6.45, 7) is 5.93. The van der Waals surface area contributed by atoms with Gasteiger partial charge in [-0.2, -0.15) is 0 Å². The number of ether oxygens (including phenoxy) is 3. The van der Waals surface area contributed by atoms with Crippen LogP contribution in [-0.2, 0) is 41.5 Å². The van der Waals surface area contributed by atoms with Crippen molar-refractivity contribution >= 4 is 23.5 Å². The predicted octanol–water partition coefficient (Wildman–Crippen LogP) is 0.741. The summed E-state index contributed by atoms with van der Waals surface area (Å²) < 4.78 is 15.9. The first-order valence-corrected chi connectivity index (χ1v) is 14.9. The number of morpholine rings is 1. The van der Waals surface area contributed by atoms with E-state index in [0.717, 1.165) is 5.56 Å². The number of amides is 3. The number of nitrogens with one attached hydrogen (secondary N) is 3. The Labute approximate surface area is 257 Å². The van der Waals surface area contributed by atoms with Crippen LogP contribution in [0.2, 0.25) is 0 Å². The number of nitrogens with zero attached hydrogens (tertiary/aromatic N) is 1. The molecular weight excluding hydrogens is 568 g/mol. The van der Waals surface area contributed by atoms with Gasteiger partial charge in [-0.15, -0.1) is 0 Å². The second-order valence-electron chi connectivity index (χ2n) is 11.4. The van der Waals surface area contributed by atoms with Gasteiger partial charge >= 0.3 is 0 Å². The van der Waals surface area contributed by atoms with E-state index in [4.69, 9.17) is 14.2 Å². The number of rotatable bonds is 15. The van der Waals surface area contributed by atoms with Crippen molar-refractivity contribution in [3.63, 3.8) is 0 Å².